The first kappa shape index (κ1) is 23.3. The first-order chi connectivity index (χ1) is 16.0. The van der Waals surface area contributed by atoms with Gasteiger partial charge in [-0.2, -0.15) is 0 Å². The fraction of sp³-hybridized carbons (Fsp3) is 0.481. The Labute approximate surface area is 197 Å². The third-order valence-corrected chi connectivity index (χ3v) is 6.79. The predicted octanol–water partition coefficient (Wildman–Crippen LogP) is 4.60. The van der Waals surface area contributed by atoms with Crippen LogP contribution in [-0.4, -0.2) is 64.6 Å². The van der Waals surface area contributed by atoms with Crippen LogP contribution in [0.5, 0.6) is 5.75 Å². The first-order valence-electron chi connectivity index (χ1n) is 12.2. The van der Waals surface area contributed by atoms with Gasteiger partial charge in [-0.15, -0.1) is 0 Å². The SMILES string of the molecule is CCOc1ccc(Cc2nc3cc(C(=O)N(CC)CC)ccc3n2C[C@@H]2CCCN2C)cc1. The maximum absolute atomic E-state index is 12.9. The molecule has 6 heteroatoms. The average Bonchev–Trinajstić information content (AvgIpc) is 3.38. The van der Waals surface area contributed by atoms with E-state index in [1.807, 2.05) is 49.9 Å². The second-order valence-corrected chi connectivity index (χ2v) is 8.85. The Morgan fingerprint density at radius 2 is 1.88 bits per heavy atom. The Kier molecular flexibility index (Phi) is 7.33. The summed E-state index contributed by atoms with van der Waals surface area (Å²) in [5, 5.41) is 0. The maximum atomic E-state index is 12.9. The molecule has 33 heavy (non-hydrogen) atoms. The van der Waals surface area contributed by atoms with Crippen LogP contribution in [-0.2, 0) is 13.0 Å². The van der Waals surface area contributed by atoms with Crippen molar-refractivity contribution in [3.63, 3.8) is 0 Å². The summed E-state index contributed by atoms with van der Waals surface area (Å²) in [5.41, 5.74) is 3.91. The van der Waals surface area contributed by atoms with Gasteiger partial charge in [0.25, 0.3) is 5.91 Å². The number of rotatable bonds is 9. The summed E-state index contributed by atoms with van der Waals surface area (Å²) in [7, 11) is 2.21. The van der Waals surface area contributed by atoms with Gasteiger partial charge < -0.3 is 19.1 Å². The molecule has 1 fully saturated rings. The Morgan fingerprint density at radius 3 is 2.52 bits per heavy atom. The van der Waals surface area contributed by atoms with E-state index in [0.29, 0.717) is 31.3 Å². The van der Waals surface area contributed by atoms with Crippen LogP contribution in [0.2, 0.25) is 0 Å². The summed E-state index contributed by atoms with van der Waals surface area (Å²) >= 11 is 0. The molecule has 176 valence electrons. The lowest BCUT2D eigenvalue weighted by molar-refractivity contribution is 0.0773. The molecule has 2 heterocycles. The molecular formula is C27H36N4O2. The molecule has 1 aliphatic rings. The molecular weight excluding hydrogens is 412 g/mol. The summed E-state index contributed by atoms with van der Waals surface area (Å²) in [4.78, 5) is 22.2. The zero-order valence-electron chi connectivity index (χ0n) is 20.4. The summed E-state index contributed by atoms with van der Waals surface area (Å²) in [6.07, 6.45) is 3.19. The highest BCUT2D eigenvalue weighted by Gasteiger charge is 2.24. The van der Waals surface area contributed by atoms with Gasteiger partial charge in [-0.25, -0.2) is 4.98 Å². The van der Waals surface area contributed by atoms with Gasteiger partial charge in [-0.1, -0.05) is 12.1 Å². The van der Waals surface area contributed by atoms with Crippen LogP contribution < -0.4 is 4.74 Å². The van der Waals surface area contributed by atoms with Crippen molar-refractivity contribution in [2.24, 2.45) is 0 Å². The molecule has 4 rings (SSSR count). The van der Waals surface area contributed by atoms with Crippen molar-refractivity contribution in [3.8, 4) is 5.75 Å². The Morgan fingerprint density at radius 1 is 1.12 bits per heavy atom. The number of likely N-dealkylation sites (N-methyl/N-ethyl adjacent to an activating group) is 1. The Bertz CT molecular complexity index is 1090. The van der Waals surface area contributed by atoms with E-state index in [1.165, 1.54) is 18.4 Å². The fourth-order valence-corrected chi connectivity index (χ4v) is 4.82. The number of nitrogens with zero attached hydrogens (tertiary/aromatic N) is 4. The van der Waals surface area contributed by atoms with E-state index >= 15 is 0 Å². The van der Waals surface area contributed by atoms with Crippen molar-refractivity contribution in [2.45, 2.75) is 52.6 Å². The number of hydrogen-bond donors (Lipinski definition) is 0. The number of aromatic nitrogens is 2. The van der Waals surface area contributed by atoms with Gasteiger partial charge in [0, 0.05) is 37.7 Å². The molecule has 1 saturated heterocycles. The minimum absolute atomic E-state index is 0.0695. The minimum atomic E-state index is 0.0695. The van der Waals surface area contributed by atoms with Gasteiger partial charge in [-0.3, -0.25) is 4.79 Å². The maximum Gasteiger partial charge on any atom is 0.253 e. The molecule has 6 nitrogen and oxygen atoms in total. The molecule has 0 aliphatic carbocycles. The fourth-order valence-electron chi connectivity index (χ4n) is 4.82. The van der Waals surface area contributed by atoms with Gasteiger partial charge in [0.2, 0.25) is 0 Å². The molecule has 2 aromatic carbocycles. The lowest BCUT2D eigenvalue weighted by atomic mass is 10.1. The topological polar surface area (TPSA) is 50.6 Å². The van der Waals surface area contributed by atoms with Gasteiger partial charge in [0.05, 0.1) is 17.6 Å². The second-order valence-electron chi connectivity index (χ2n) is 8.85. The second kappa shape index (κ2) is 10.4. The lowest BCUT2D eigenvalue weighted by Crippen LogP contribution is -2.30. The summed E-state index contributed by atoms with van der Waals surface area (Å²) in [6.45, 7) is 10.2. The van der Waals surface area contributed by atoms with E-state index in [2.05, 4.69) is 34.7 Å². The molecule has 3 aromatic rings. The highest BCUT2D eigenvalue weighted by Crippen LogP contribution is 2.25. The van der Waals surface area contributed by atoms with Gasteiger partial charge >= 0.3 is 0 Å². The number of fused-ring (bicyclic) bond motifs is 1. The highest BCUT2D eigenvalue weighted by molar-refractivity contribution is 5.97. The molecule has 1 atom stereocenters. The van der Waals surface area contributed by atoms with Crippen molar-refractivity contribution in [1.82, 2.24) is 19.4 Å². The van der Waals surface area contributed by atoms with Crippen molar-refractivity contribution in [3.05, 3.63) is 59.4 Å². The monoisotopic (exact) mass is 448 g/mol. The molecule has 0 radical (unpaired) electrons. The highest BCUT2D eigenvalue weighted by atomic mass is 16.5. The van der Waals surface area contributed by atoms with Crippen molar-refractivity contribution >= 4 is 16.9 Å². The van der Waals surface area contributed by atoms with Crippen LogP contribution in [0.15, 0.2) is 42.5 Å². The third kappa shape index (κ3) is 5.06. The minimum Gasteiger partial charge on any atom is -0.494 e. The lowest BCUT2D eigenvalue weighted by Gasteiger charge is -2.22. The molecule has 0 saturated carbocycles. The Hall–Kier alpha value is -2.86. The standard InChI is InChI=1S/C27H36N4O2/c1-5-30(6-2)27(32)21-12-15-25-24(18-21)28-26(31(25)19-22-9-8-16-29(22)4)17-20-10-13-23(14-11-20)33-7-3/h10-15,18,22H,5-9,16-17,19H2,1-4H3/t22-/m0/s1. The molecule has 1 aromatic heterocycles. The van der Waals surface area contributed by atoms with E-state index in [-0.39, 0.29) is 5.91 Å². The van der Waals surface area contributed by atoms with E-state index in [4.69, 9.17) is 9.72 Å². The van der Waals surface area contributed by atoms with Gasteiger partial charge in [0.1, 0.15) is 11.6 Å². The number of ether oxygens (including phenoxy) is 1. The number of hydrogen-bond acceptors (Lipinski definition) is 4. The molecule has 0 bridgehead atoms. The van der Waals surface area contributed by atoms with Gasteiger partial charge in [0.15, 0.2) is 0 Å². The number of imidazole rings is 1. The zero-order chi connectivity index (χ0) is 23.4. The quantitative estimate of drug-likeness (QED) is 0.480. The third-order valence-electron chi connectivity index (χ3n) is 6.79. The molecule has 0 spiro atoms. The average molecular weight is 449 g/mol. The number of benzene rings is 2. The molecule has 0 unspecified atom stereocenters. The van der Waals surface area contributed by atoms with Crippen LogP contribution >= 0.6 is 0 Å². The van der Waals surface area contributed by atoms with Crippen LogP contribution in [0.3, 0.4) is 0 Å². The summed E-state index contributed by atoms with van der Waals surface area (Å²) in [5.74, 6) is 2.00. The smallest absolute Gasteiger partial charge is 0.253 e. The number of carbonyl (C=O) groups is 1. The van der Waals surface area contributed by atoms with Crippen molar-refractivity contribution in [1.29, 1.82) is 0 Å². The number of likely N-dealkylation sites (tertiary alicyclic amines) is 1. The van der Waals surface area contributed by atoms with Crippen molar-refractivity contribution in [2.75, 3.05) is 33.3 Å². The Balaban J connectivity index is 1.69. The van der Waals surface area contributed by atoms with Crippen LogP contribution in [0.1, 0.15) is 55.4 Å². The predicted molar refractivity (Wildman–Crippen MR) is 133 cm³/mol. The van der Waals surface area contributed by atoms with Crippen LogP contribution in [0, 0.1) is 0 Å². The largest absolute Gasteiger partial charge is 0.494 e. The number of carbonyl (C=O) groups excluding carboxylic acids is 1. The summed E-state index contributed by atoms with van der Waals surface area (Å²) in [6, 6.07) is 14.8. The first-order valence-corrected chi connectivity index (χ1v) is 12.2. The molecule has 0 N–H and O–H groups in total. The van der Waals surface area contributed by atoms with Crippen molar-refractivity contribution < 1.29 is 9.53 Å². The number of amides is 1. The molecule has 1 amide bonds. The van der Waals surface area contributed by atoms with E-state index in [0.717, 1.165) is 42.1 Å². The summed E-state index contributed by atoms with van der Waals surface area (Å²) < 4.78 is 7.96. The van der Waals surface area contributed by atoms with Crippen LogP contribution in [0.25, 0.3) is 11.0 Å². The van der Waals surface area contributed by atoms with E-state index in [9.17, 15) is 4.79 Å². The van der Waals surface area contributed by atoms with E-state index in [1.54, 1.807) is 0 Å². The van der Waals surface area contributed by atoms with E-state index < -0.39 is 0 Å². The normalized spacial score (nSPS) is 16.4. The van der Waals surface area contributed by atoms with Crippen LogP contribution in [0.4, 0.5) is 0 Å². The molecule has 1 aliphatic heterocycles. The van der Waals surface area contributed by atoms with Gasteiger partial charge in [-0.05, 0) is 83.1 Å². The zero-order valence-corrected chi connectivity index (χ0v) is 20.4.